The van der Waals surface area contributed by atoms with Crippen LogP contribution in [0.4, 0.5) is 0 Å². The lowest BCUT2D eigenvalue weighted by atomic mass is 9.96. The number of benzene rings is 1. The van der Waals surface area contributed by atoms with Gasteiger partial charge in [0.15, 0.2) is 11.6 Å². The Morgan fingerprint density at radius 2 is 2.06 bits per heavy atom. The predicted molar refractivity (Wildman–Crippen MR) is 65.8 cm³/mol. The van der Waals surface area contributed by atoms with Crippen LogP contribution in [0, 0.1) is 5.92 Å². The van der Waals surface area contributed by atoms with Gasteiger partial charge in [0.25, 0.3) is 0 Å². The van der Waals surface area contributed by atoms with E-state index in [0.29, 0.717) is 11.3 Å². The Morgan fingerprint density at radius 3 is 2.56 bits per heavy atom. The molecule has 0 radical (unpaired) electrons. The zero-order valence-electron chi connectivity index (χ0n) is 10.1. The topological polar surface area (TPSA) is 63.6 Å². The van der Waals surface area contributed by atoms with E-state index in [4.69, 9.17) is 4.74 Å². The third-order valence-electron chi connectivity index (χ3n) is 3.02. The SMILES string of the molecule is COc1ccc(C(=O)CC2CC(=O)C=C2O)cc1. The highest BCUT2D eigenvalue weighted by Crippen LogP contribution is 2.26. The van der Waals surface area contributed by atoms with E-state index < -0.39 is 0 Å². The van der Waals surface area contributed by atoms with Crippen LogP contribution in [-0.2, 0) is 4.79 Å². The fourth-order valence-electron chi connectivity index (χ4n) is 1.98. The van der Waals surface area contributed by atoms with Crippen molar-refractivity contribution in [2.45, 2.75) is 12.8 Å². The third kappa shape index (κ3) is 2.59. The van der Waals surface area contributed by atoms with Crippen LogP contribution >= 0.6 is 0 Å². The van der Waals surface area contributed by atoms with Gasteiger partial charge in [-0.2, -0.15) is 0 Å². The molecule has 0 bridgehead atoms. The maximum absolute atomic E-state index is 12.0. The Kier molecular flexibility index (Phi) is 3.46. The molecule has 0 aromatic heterocycles. The first-order chi connectivity index (χ1) is 8.60. The van der Waals surface area contributed by atoms with Crippen molar-refractivity contribution in [2.24, 2.45) is 5.92 Å². The number of Topliss-reactive ketones (excluding diaryl/α,β-unsaturated/α-hetero) is 1. The summed E-state index contributed by atoms with van der Waals surface area (Å²) in [4.78, 5) is 23.1. The minimum Gasteiger partial charge on any atom is -0.512 e. The molecular weight excluding hydrogens is 232 g/mol. The summed E-state index contributed by atoms with van der Waals surface area (Å²) in [6.45, 7) is 0. The second-order valence-electron chi connectivity index (χ2n) is 4.29. The summed E-state index contributed by atoms with van der Waals surface area (Å²) < 4.78 is 5.01. The van der Waals surface area contributed by atoms with Crippen LogP contribution in [0.2, 0.25) is 0 Å². The number of allylic oxidation sites excluding steroid dienone is 2. The van der Waals surface area contributed by atoms with Gasteiger partial charge in [-0.1, -0.05) is 0 Å². The summed E-state index contributed by atoms with van der Waals surface area (Å²) in [6.07, 6.45) is 1.57. The molecule has 1 unspecified atom stereocenters. The third-order valence-corrected chi connectivity index (χ3v) is 3.02. The van der Waals surface area contributed by atoms with Crippen LogP contribution in [0.1, 0.15) is 23.2 Å². The van der Waals surface area contributed by atoms with Crippen LogP contribution in [0.3, 0.4) is 0 Å². The van der Waals surface area contributed by atoms with E-state index in [1.54, 1.807) is 31.4 Å². The molecule has 1 aliphatic rings. The highest BCUT2D eigenvalue weighted by atomic mass is 16.5. The minimum absolute atomic E-state index is 0.0156. The van der Waals surface area contributed by atoms with Gasteiger partial charge in [-0.05, 0) is 24.3 Å². The highest BCUT2D eigenvalue weighted by molar-refractivity contribution is 5.98. The molecule has 0 amide bonds. The Morgan fingerprint density at radius 1 is 1.39 bits per heavy atom. The number of ether oxygens (including phenoxy) is 1. The summed E-state index contributed by atoms with van der Waals surface area (Å²) in [5.41, 5.74) is 0.558. The fraction of sp³-hybridized carbons (Fsp3) is 0.286. The first-order valence-electron chi connectivity index (χ1n) is 5.71. The second kappa shape index (κ2) is 5.04. The summed E-state index contributed by atoms with van der Waals surface area (Å²) in [5, 5.41) is 9.51. The molecule has 1 aromatic rings. The van der Waals surface area contributed by atoms with Gasteiger partial charge in [-0.25, -0.2) is 0 Å². The molecule has 4 heteroatoms. The first kappa shape index (κ1) is 12.4. The Balaban J connectivity index is 2.03. The van der Waals surface area contributed by atoms with Gasteiger partial charge in [0.2, 0.25) is 0 Å². The van der Waals surface area contributed by atoms with E-state index in [-0.39, 0.29) is 36.1 Å². The summed E-state index contributed by atoms with van der Waals surface area (Å²) in [6, 6.07) is 6.78. The molecule has 4 nitrogen and oxygen atoms in total. The molecule has 1 aliphatic carbocycles. The van der Waals surface area contributed by atoms with Crippen molar-refractivity contribution < 1.29 is 19.4 Å². The van der Waals surface area contributed by atoms with Gasteiger partial charge in [0.1, 0.15) is 5.75 Å². The van der Waals surface area contributed by atoms with Crippen molar-refractivity contribution in [3.05, 3.63) is 41.7 Å². The molecule has 0 fully saturated rings. The Labute approximate surface area is 105 Å². The zero-order chi connectivity index (χ0) is 13.1. The molecule has 0 saturated heterocycles. The number of carbonyl (C=O) groups is 2. The molecule has 2 rings (SSSR count). The average Bonchev–Trinajstić information content (AvgIpc) is 2.68. The lowest BCUT2D eigenvalue weighted by molar-refractivity contribution is -0.114. The number of methoxy groups -OCH3 is 1. The molecular formula is C14H14O4. The zero-order valence-corrected chi connectivity index (χ0v) is 10.1. The number of carbonyl (C=O) groups excluding carboxylic acids is 2. The molecule has 1 atom stereocenters. The van der Waals surface area contributed by atoms with E-state index in [2.05, 4.69) is 0 Å². The van der Waals surface area contributed by atoms with E-state index in [9.17, 15) is 14.7 Å². The van der Waals surface area contributed by atoms with Gasteiger partial charge in [-0.15, -0.1) is 0 Å². The monoisotopic (exact) mass is 246 g/mol. The number of hydrogen-bond donors (Lipinski definition) is 1. The lowest BCUT2D eigenvalue weighted by Crippen LogP contribution is -2.09. The second-order valence-corrected chi connectivity index (χ2v) is 4.29. The van der Waals surface area contributed by atoms with Crippen LogP contribution in [0.5, 0.6) is 5.75 Å². The van der Waals surface area contributed by atoms with Crippen molar-refractivity contribution in [1.82, 2.24) is 0 Å². The quantitative estimate of drug-likeness (QED) is 0.828. The number of aliphatic hydroxyl groups excluding tert-OH is 1. The van der Waals surface area contributed by atoms with Gasteiger partial charge < -0.3 is 9.84 Å². The van der Waals surface area contributed by atoms with E-state index in [0.717, 1.165) is 0 Å². The van der Waals surface area contributed by atoms with Crippen LogP contribution in [0.15, 0.2) is 36.1 Å². The van der Waals surface area contributed by atoms with E-state index in [1.807, 2.05) is 0 Å². The molecule has 1 aromatic carbocycles. The lowest BCUT2D eigenvalue weighted by Gasteiger charge is -2.09. The van der Waals surface area contributed by atoms with Gasteiger partial charge in [-0.3, -0.25) is 9.59 Å². The number of hydrogen-bond acceptors (Lipinski definition) is 4. The molecule has 0 saturated carbocycles. The maximum Gasteiger partial charge on any atom is 0.163 e. The standard InChI is InChI=1S/C14H14O4/c1-18-12-4-2-9(3-5-12)13(16)7-10-6-11(15)8-14(10)17/h2-5,8,10,17H,6-7H2,1H3. The predicted octanol–water partition coefficient (Wildman–Crippen LogP) is 2.30. The van der Waals surface area contributed by atoms with Crippen LogP contribution in [-0.4, -0.2) is 23.8 Å². The Bertz CT molecular complexity index is 499. The number of aliphatic hydroxyl groups is 1. The molecule has 94 valence electrons. The van der Waals surface area contributed by atoms with Crippen LogP contribution in [0.25, 0.3) is 0 Å². The highest BCUT2D eigenvalue weighted by Gasteiger charge is 2.26. The maximum atomic E-state index is 12.0. The summed E-state index contributed by atoms with van der Waals surface area (Å²) in [5.74, 6) is 0.122. The smallest absolute Gasteiger partial charge is 0.163 e. The Hall–Kier alpha value is -2.10. The van der Waals surface area contributed by atoms with Crippen molar-refractivity contribution in [3.63, 3.8) is 0 Å². The normalized spacial score (nSPS) is 18.6. The molecule has 0 heterocycles. The molecule has 1 N–H and O–H groups in total. The summed E-state index contributed by atoms with van der Waals surface area (Å²) >= 11 is 0. The first-order valence-corrected chi connectivity index (χ1v) is 5.71. The largest absolute Gasteiger partial charge is 0.512 e. The summed E-state index contributed by atoms with van der Waals surface area (Å²) in [7, 11) is 1.56. The molecule has 0 aliphatic heterocycles. The van der Waals surface area contributed by atoms with Crippen molar-refractivity contribution in [2.75, 3.05) is 7.11 Å². The number of rotatable bonds is 4. The fourth-order valence-corrected chi connectivity index (χ4v) is 1.98. The van der Waals surface area contributed by atoms with Crippen LogP contribution < -0.4 is 4.74 Å². The van der Waals surface area contributed by atoms with Gasteiger partial charge in [0, 0.05) is 30.4 Å². The molecule has 0 spiro atoms. The molecule has 18 heavy (non-hydrogen) atoms. The number of ketones is 2. The average molecular weight is 246 g/mol. The van der Waals surface area contributed by atoms with Gasteiger partial charge in [0.05, 0.1) is 12.9 Å². The van der Waals surface area contributed by atoms with Crippen molar-refractivity contribution >= 4 is 11.6 Å². The van der Waals surface area contributed by atoms with E-state index in [1.165, 1.54) is 6.08 Å². The van der Waals surface area contributed by atoms with Gasteiger partial charge >= 0.3 is 0 Å². The van der Waals surface area contributed by atoms with E-state index >= 15 is 0 Å². The van der Waals surface area contributed by atoms with Crippen molar-refractivity contribution in [3.8, 4) is 5.75 Å². The van der Waals surface area contributed by atoms with Crippen molar-refractivity contribution in [1.29, 1.82) is 0 Å². The minimum atomic E-state index is -0.368.